The summed E-state index contributed by atoms with van der Waals surface area (Å²) < 4.78 is 0. The summed E-state index contributed by atoms with van der Waals surface area (Å²) in [5.74, 6) is -3.14. The van der Waals surface area contributed by atoms with E-state index in [9.17, 15) is 29.4 Å². The molecular formula is C20H25N3O6. The van der Waals surface area contributed by atoms with E-state index in [-0.39, 0.29) is 38.1 Å². The number of carbonyl (C=O) groups excluding carboxylic acids is 2. The molecule has 2 aliphatic rings. The van der Waals surface area contributed by atoms with Gasteiger partial charge < -0.3 is 10.2 Å². The van der Waals surface area contributed by atoms with E-state index in [2.05, 4.69) is 5.32 Å². The zero-order chi connectivity index (χ0) is 21.0. The van der Waals surface area contributed by atoms with Gasteiger partial charge in [0, 0.05) is 13.0 Å². The maximum absolute atomic E-state index is 13.1. The van der Waals surface area contributed by atoms with Gasteiger partial charge in [-0.15, -0.1) is 0 Å². The lowest BCUT2D eigenvalue weighted by Crippen LogP contribution is -2.62. The minimum atomic E-state index is -1.17. The average Bonchev–Trinajstić information content (AvgIpc) is 2.83. The van der Waals surface area contributed by atoms with Gasteiger partial charge in [0.2, 0.25) is 5.91 Å². The Morgan fingerprint density at radius 3 is 2.52 bits per heavy atom. The lowest BCUT2D eigenvalue weighted by atomic mass is 10.0. The second-order valence-corrected chi connectivity index (χ2v) is 7.37. The highest BCUT2D eigenvalue weighted by molar-refractivity contribution is 5.92. The molecule has 2 heterocycles. The average molecular weight is 403 g/mol. The molecule has 1 aromatic carbocycles. The van der Waals surface area contributed by atoms with Crippen molar-refractivity contribution < 1.29 is 29.4 Å². The quantitative estimate of drug-likeness (QED) is 0.610. The number of nitrogens with zero attached hydrogens (tertiary/aromatic N) is 2. The third-order valence-electron chi connectivity index (χ3n) is 5.41. The molecule has 1 aromatic rings. The van der Waals surface area contributed by atoms with E-state index in [0.717, 1.165) is 10.6 Å². The van der Waals surface area contributed by atoms with Gasteiger partial charge in [-0.25, -0.2) is 9.80 Å². The number of hydrogen-bond donors (Lipinski definition) is 3. The van der Waals surface area contributed by atoms with E-state index in [1.54, 1.807) is 0 Å². The van der Waals surface area contributed by atoms with Crippen LogP contribution in [-0.4, -0.2) is 68.7 Å². The first kappa shape index (κ1) is 20.8. The van der Waals surface area contributed by atoms with Crippen molar-refractivity contribution >= 4 is 23.8 Å². The van der Waals surface area contributed by atoms with Crippen molar-refractivity contribution in [1.82, 2.24) is 15.3 Å². The smallest absolute Gasteiger partial charge is 0.328 e. The maximum Gasteiger partial charge on any atom is 0.328 e. The molecular weight excluding hydrogens is 378 g/mol. The highest BCUT2D eigenvalue weighted by atomic mass is 16.4. The second-order valence-electron chi connectivity index (χ2n) is 7.37. The summed E-state index contributed by atoms with van der Waals surface area (Å²) in [5.41, 5.74) is 0.982. The summed E-state index contributed by atoms with van der Waals surface area (Å²) in [6.45, 7) is 0.289. The molecule has 0 aliphatic carbocycles. The predicted molar refractivity (Wildman–Crippen MR) is 102 cm³/mol. The van der Waals surface area contributed by atoms with Crippen molar-refractivity contribution in [3.63, 3.8) is 0 Å². The zero-order valence-electron chi connectivity index (χ0n) is 16.0. The van der Waals surface area contributed by atoms with E-state index >= 15 is 0 Å². The summed E-state index contributed by atoms with van der Waals surface area (Å²) >= 11 is 0. The van der Waals surface area contributed by atoms with Crippen LogP contribution in [0.3, 0.4) is 0 Å². The van der Waals surface area contributed by atoms with Gasteiger partial charge >= 0.3 is 11.9 Å². The summed E-state index contributed by atoms with van der Waals surface area (Å²) in [6.07, 6.45) is 1.72. The van der Waals surface area contributed by atoms with Crippen molar-refractivity contribution in [2.75, 3.05) is 6.54 Å². The number of carboxylic acids is 2. The standard InChI is InChI=1S/C20H25N3O6/c24-17-11-10-14(18(25)23-16(20(28)29)7-4-12-22(17)23)21-15(19(26)27)9-8-13-5-2-1-3-6-13/h1-3,5-6,14-16,21H,4,7-12H2,(H,26,27)(H,28,29). The Kier molecular flexibility index (Phi) is 6.48. The monoisotopic (exact) mass is 403 g/mol. The molecule has 0 bridgehead atoms. The molecule has 0 saturated carbocycles. The van der Waals surface area contributed by atoms with E-state index in [0.29, 0.717) is 12.8 Å². The Bertz CT molecular complexity index is 784. The van der Waals surface area contributed by atoms with Gasteiger partial charge in [0.05, 0.1) is 6.04 Å². The molecule has 2 fully saturated rings. The number of aryl methyl sites for hydroxylation is 1. The number of fused-ring (bicyclic) bond motifs is 1. The van der Waals surface area contributed by atoms with Crippen molar-refractivity contribution in [2.24, 2.45) is 0 Å². The zero-order valence-corrected chi connectivity index (χ0v) is 16.0. The Morgan fingerprint density at radius 1 is 1.14 bits per heavy atom. The fourth-order valence-corrected chi connectivity index (χ4v) is 3.89. The number of aliphatic carboxylic acids is 2. The fourth-order valence-electron chi connectivity index (χ4n) is 3.89. The van der Waals surface area contributed by atoms with Crippen LogP contribution in [-0.2, 0) is 25.6 Å². The molecule has 156 valence electrons. The maximum atomic E-state index is 13.1. The molecule has 2 amide bonds. The van der Waals surface area contributed by atoms with Crippen LogP contribution in [0.5, 0.6) is 0 Å². The minimum Gasteiger partial charge on any atom is -0.480 e. The van der Waals surface area contributed by atoms with Gasteiger partial charge in [0.25, 0.3) is 5.91 Å². The molecule has 9 nitrogen and oxygen atoms in total. The number of carbonyl (C=O) groups is 4. The number of rotatable bonds is 7. The molecule has 29 heavy (non-hydrogen) atoms. The second kappa shape index (κ2) is 9.04. The number of nitrogens with one attached hydrogen (secondary N) is 1. The SMILES string of the molecule is O=C(O)C(CCc1ccccc1)NC1CCC(=O)N2CCCC(C(=O)O)N2C1=O. The van der Waals surface area contributed by atoms with Crippen LogP contribution in [0.15, 0.2) is 30.3 Å². The van der Waals surface area contributed by atoms with Crippen molar-refractivity contribution in [1.29, 1.82) is 0 Å². The summed E-state index contributed by atoms with van der Waals surface area (Å²) in [7, 11) is 0. The highest BCUT2D eigenvalue weighted by Crippen LogP contribution is 2.25. The molecule has 2 saturated heterocycles. The molecule has 3 atom stereocenters. The highest BCUT2D eigenvalue weighted by Gasteiger charge is 2.44. The molecule has 2 aliphatic heterocycles. The Balaban J connectivity index is 1.75. The van der Waals surface area contributed by atoms with Crippen LogP contribution in [0.4, 0.5) is 0 Å². The summed E-state index contributed by atoms with van der Waals surface area (Å²) in [5, 5.41) is 24.2. The lowest BCUT2D eigenvalue weighted by Gasteiger charge is -2.42. The van der Waals surface area contributed by atoms with E-state index in [1.807, 2.05) is 30.3 Å². The van der Waals surface area contributed by atoms with Gasteiger partial charge in [-0.05, 0) is 37.7 Å². The lowest BCUT2D eigenvalue weighted by molar-refractivity contribution is -0.181. The van der Waals surface area contributed by atoms with Gasteiger partial charge in [0.1, 0.15) is 6.04 Å². The number of hydrazine groups is 1. The molecule has 3 unspecified atom stereocenters. The van der Waals surface area contributed by atoms with Gasteiger partial charge in [0.15, 0.2) is 6.04 Å². The Labute approximate surface area is 168 Å². The number of benzene rings is 1. The van der Waals surface area contributed by atoms with E-state index in [1.165, 1.54) is 5.01 Å². The Hall–Kier alpha value is -2.94. The van der Waals surface area contributed by atoms with Gasteiger partial charge in [-0.1, -0.05) is 30.3 Å². The normalized spacial score (nSPS) is 23.3. The van der Waals surface area contributed by atoms with Crippen molar-refractivity contribution in [3.8, 4) is 0 Å². The minimum absolute atomic E-state index is 0.0528. The topological polar surface area (TPSA) is 127 Å². The van der Waals surface area contributed by atoms with Gasteiger partial charge in [-0.2, -0.15) is 0 Å². The van der Waals surface area contributed by atoms with Gasteiger partial charge in [-0.3, -0.25) is 24.7 Å². The van der Waals surface area contributed by atoms with Crippen molar-refractivity contribution in [2.45, 2.75) is 56.7 Å². The van der Waals surface area contributed by atoms with Crippen LogP contribution < -0.4 is 5.32 Å². The first-order valence-corrected chi connectivity index (χ1v) is 9.77. The van der Waals surface area contributed by atoms with Crippen molar-refractivity contribution in [3.05, 3.63) is 35.9 Å². The molecule has 0 spiro atoms. The molecule has 9 heteroatoms. The molecule has 3 N–H and O–H groups in total. The third kappa shape index (κ3) is 4.73. The van der Waals surface area contributed by atoms with E-state index in [4.69, 9.17) is 0 Å². The third-order valence-corrected chi connectivity index (χ3v) is 5.41. The fraction of sp³-hybridized carbons (Fsp3) is 0.500. The first-order chi connectivity index (χ1) is 13.9. The molecule has 0 radical (unpaired) electrons. The summed E-state index contributed by atoms with van der Waals surface area (Å²) in [6, 6.07) is 6.39. The van der Waals surface area contributed by atoms with E-state index < -0.39 is 36.0 Å². The van der Waals surface area contributed by atoms with Crippen LogP contribution in [0.2, 0.25) is 0 Å². The predicted octanol–water partition coefficient (Wildman–Crippen LogP) is 0.644. The molecule has 0 aromatic heterocycles. The van der Waals surface area contributed by atoms with Crippen LogP contribution in [0.1, 0.15) is 37.7 Å². The first-order valence-electron chi connectivity index (χ1n) is 9.77. The molecule has 3 rings (SSSR count). The number of carboxylic acid groups (broad SMARTS) is 2. The Morgan fingerprint density at radius 2 is 1.86 bits per heavy atom. The number of hydrogen-bond acceptors (Lipinski definition) is 5. The van der Waals surface area contributed by atoms with Crippen LogP contribution in [0, 0.1) is 0 Å². The summed E-state index contributed by atoms with van der Waals surface area (Å²) in [4.78, 5) is 48.9. The largest absolute Gasteiger partial charge is 0.480 e. The van der Waals surface area contributed by atoms with Crippen LogP contribution in [0.25, 0.3) is 0 Å². The number of amides is 2. The van der Waals surface area contributed by atoms with Crippen LogP contribution >= 0.6 is 0 Å².